The molecule has 0 saturated carbocycles. The Morgan fingerprint density at radius 2 is 1.20 bits per heavy atom. The molecule has 238 valence electrons. The maximum atomic E-state index is 12.7. The van der Waals surface area contributed by atoms with Crippen LogP contribution < -0.4 is 42.2 Å². The van der Waals surface area contributed by atoms with Gasteiger partial charge in [0.2, 0.25) is 0 Å². The molecule has 0 fully saturated rings. The first-order valence-electron chi connectivity index (χ1n) is 13.8. The first kappa shape index (κ1) is 33.4. The van der Waals surface area contributed by atoms with Crippen molar-refractivity contribution in [1.82, 2.24) is 21.3 Å². The summed E-state index contributed by atoms with van der Waals surface area (Å²) in [5.41, 5.74) is 9.86. The van der Waals surface area contributed by atoms with Crippen LogP contribution in [0.25, 0.3) is 21.7 Å². The van der Waals surface area contributed by atoms with Crippen molar-refractivity contribution in [2.75, 3.05) is 52.5 Å². The van der Waals surface area contributed by atoms with Crippen LogP contribution in [0.4, 0.5) is 19.2 Å². The van der Waals surface area contributed by atoms with E-state index in [2.05, 4.69) is 30.7 Å². The molecule has 16 nitrogen and oxygen atoms in total. The zero-order chi connectivity index (χ0) is 31.9. The smallest absolute Gasteiger partial charge is 0.412 e. The van der Waals surface area contributed by atoms with Crippen molar-refractivity contribution < 1.29 is 47.3 Å². The fourth-order valence-electron chi connectivity index (χ4n) is 4.02. The topological polar surface area (TPSA) is 236 Å². The third-order valence-corrected chi connectivity index (χ3v) is 5.98. The number of amides is 4. The molecular weight excluding hydrogens is 580 g/mol. The Labute approximate surface area is 252 Å². The van der Waals surface area contributed by atoms with Crippen molar-refractivity contribution in [3.05, 3.63) is 36.1 Å². The van der Waals surface area contributed by atoms with Crippen molar-refractivity contribution in [3.63, 3.8) is 0 Å². The lowest BCUT2D eigenvalue weighted by Gasteiger charge is -2.14. The Morgan fingerprint density at radius 3 is 1.70 bits per heavy atom. The van der Waals surface area contributed by atoms with Gasteiger partial charge < -0.3 is 56.1 Å². The molecule has 0 aliphatic carbocycles. The van der Waals surface area contributed by atoms with E-state index < -0.39 is 24.4 Å². The summed E-state index contributed by atoms with van der Waals surface area (Å²) in [6.07, 6.45) is -2.07. The number of rotatable bonds is 17. The molecule has 8 N–H and O–H groups in total. The van der Waals surface area contributed by atoms with E-state index in [-0.39, 0.29) is 60.3 Å². The minimum atomic E-state index is -0.848. The maximum absolute atomic E-state index is 12.7. The Kier molecular flexibility index (Phi) is 13.0. The van der Waals surface area contributed by atoms with Crippen LogP contribution in [0.2, 0.25) is 0 Å². The lowest BCUT2D eigenvalue weighted by Crippen LogP contribution is -2.31. The highest BCUT2D eigenvalue weighted by atomic mass is 16.6. The summed E-state index contributed by atoms with van der Waals surface area (Å²) in [6, 6.07) is 8.23. The highest BCUT2D eigenvalue weighted by molar-refractivity contribution is 6.12. The van der Waals surface area contributed by atoms with Crippen molar-refractivity contribution in [2.24, 2.45) is 11.5 Å². The van der Waals surface area contributed by atoms with Gasteiger partial charge in [-0.3, -0.25) is 4.79 Å². The summed E-state index contributed by atoms with van der Waals surface area (Å²) < 4.78 is 26.4. The van der Waals surface area contributed by atoms with Gasteiger partial charge >= 0.3 is 24.4 Å². The number of nitrogens with one attached hydrogen (secondary N) is 4. The van der Waals surface area contributed by atoms with Gasteiger partial charge in [-0.25, -0.2) is 19.2 Å². The van der Waals surface area contributed by atoms with Crippen molar-refractivity contribution in [2.45, 2.75) is 19.8 Å². The number of primary amides is 2. The number of ether oxygens (including phenoxy) is 4. The average Bonchev–Trinajstić information content (AvgIpc) is 3.43. The molecule has 1 aromatic heterocycles. The lowest BCUT2D eigenvalue weighted by molar-refractivity contribution is 0.0989. The molecule has 0 atom stereocenters. The largest absolute Gasteiger partial charge is 0.449 e. The van der Waals surface area contributed by atoms with E-state index in [1.165, 1.54) is 13.0 Å². The molecule has 0 aliphatic rings. The van der Waals surface area contributed by atoms with Crippen LogP contribution in [0, 0.1) is 0 Å². The molecule has 44 heavy (non-hydrogen) atoms. The monoisotopic (exact) mass is 616 g/mol. The fourth-order valence-corrected chi connectivity index (χ4v) is 4.02. The second-order valence-corrected chi connectivity index (χ2v) is 9.29. The molecule has 0 radical (unpaired) electrons. The van der Waals surface area contributed by atoms with E-state index in [0.717, 1.165) is 0 Å². The second kappa shape index (κ2) is 17.1. The number of benzene rings is 2. The number of Topliss-reactive ketones (excluding diaryl/α,β-unsaturated/α-hetero) is 1. The molecular formula is C28H36N6O10. The normalized spacial score (nSPS) is 10.8. The third kappa shape index (κ3) is 10.3. The summed E-state index contributed by atoms with van der Waals surface area (Å²) in [6.45, 7) is 4.04. The Bertz CT molecular complexity index is 1370. The Morgan fingerprint density at radius 1 is 0.705 bits per heavy atom. The second-order valence-electron chi connectivity index (χ2n) is 9.29. The number of nitrogens with two attached hydrogens (primary N) is 2. The summed E-state index contributed by atoms with van der Waals surface area (Å²) in [5, 5.41) is 12.5. The summed E-state index contributed by atoms with van der Waals surface area (Å²) >= 11 is 0. The van der Waals surface area contributed by atoms with E-state index in [1.807, 2.05) is 0 Å². The molecule has 2 aromatic carbocycles. The average molecular weight is 617 g/mol. The number of carbonyl (C=O) groups excluding carboxylic acids is 5. The SMILES string of the molecule is CC(=O)c1cc2c(OC(=O)NCCCNCCOC(N)=O)c3ccccc3c(OC(=O)NCCCNCCOC(N)=O)c2o1. The van der Waals surface area contributed by atoms with Crippen molar-refractivity contribution >= 4 is 51.9 Å². The number of furan rings is 1. The van der Waals surface area contributed by atoms with Gasteiger partial charge in [0.15, 0.2) is 28.6 Å². The molecule has 3 aromatic rings. The maximum Gasteiger partial charge on any atom is 0.412 e. The quantitative estimate of drug-likeness (QED) is 0.0945. The lowest BCUT2D eigenvalue weighted by atomic mass is 10.1. The first-order chi connectivity index (χ1) is 21.2. The van der Waals surface area contributed by atoms with Crippen LogP contribution in [0.1, 0.15) is 30.3 Å². The third-order valence-electron chi connectivity index (χ3n) is 5.98. The van der Waals surface area contributed by atoms with Crippen LogP contribution in [-0.4, -0.2) is 82.6 Å². The Balaban J connectivity index is 1.67. The number of fused-ring (bicyclic) bond motifs is 2. The Hall–Kier alpha value is -5.09. The van der Waals surface area contributed by atoms with Crippen LogP contribution in [0.5, 0.6) is 11.5 Å². The summed E-state index contributed by atoms with van der Waals surface area (Å²) in [5.74, 6) is -0.200. The standard InChI is InChI=1S/C28H36N6O10/c1-17(35)21-16-20-22(43-27(38)33-10-4-8-31-12-14-40-25(29)36)18-6-2-3-7-19(18)23(24(20)42-21)44-28(39)34-11-5-9-32-13-15-41-26(30)37/h2-3,6-7,16,31-32H,4-5,8-15H2,1H3,(H2,29,36)(H2,30,37)(H,33,38)(H,34,39). The summed E-state index contributed by atoms with van der Waals surface area (Å²) in [7, 11) is 0. The van der Waals surface area contributed by atoms with Gasteiger partial charge in [0.1, 0.15) is 13.2 Å². The predicted octanol–water partition coefficient (Wildman–Crippen LogP) is 2.12. The van der Waals surface area contributed by atoms with Crippen LogP contribution in [-0.2, 0) is 9.47 Å². The number of hydrogen-bond donors (Lipinski definition) is 6. The van der Waals surface area contributed by atoms with E-state index >= 15 is 0 Å². The van der Waals surface area contributed by atoms with Gasteiger partial charge in [0.05, 0.1) is 5.39 Å². The number of hydrogen-bond acceptors (Lipinski definition) is 12. The van der Waals surface area contributed by atoms with Gasteiger partial charge in [-0.05, 0) is 32.0 Å². The molecule has 0 saturated heterocycles. The first-order valence-corrected chi connectivity index (χ1v) is 13.8. The number of carbonyl (C=O) groups is 5. The van der Waals surface area contributed by atoms with Gasteiger partial charge in [0.25, 0.3) is 0 Å². The van der Waals surface area contributed by atoms with Crippen molar-refractivity contribution in [1.29, 1.82) is 0 Å². The molecule has 3 rings (SSSR count). The van der Waals surface area contributed by atoms with Crippen LogP contribution in [0.15, 0.2) is 34.7 Å². The van der Waals surface area contributed by atoms with E-state index in [0.29, 0.717) is 49.8 Å². The molecule has 0 bridgehead atoms. The van der Waals surface area contributed by atoms with Gasteiger partial charge in [-0.1, -0.05) is 24.3 Å². The van der Waals surface area contributed by atoms with Gasteiger partial charge in [-0.15, -0.1) is 0 Å². The minimum Gasteiger partial charge on any atom is -0.449 e. The zero-order valence-electron chi connectivity index (χ0n) is 24.2. The zero-order valence-corrected chi connectivity index (χ0v) is 24.2. The van der Waals surface area contributed by atoms with Crippen molar-refractivity contribution in [3.8, 4) is 11.5 Å². The summed E-state index contributed by atoms with van der Waals surface area (Å²) in [4.78, 5) is 58.7. The molecule has 0 unspecified atom stereocenters. The highest BCUT2D eigenvalue weighted by Crippen LogP contribution is 2.44. The molecule has 0 spiro atoms. The fraction of sp³-hybridized carbons (Fsp3) is 0.393. The molecule has 4 amide bonds. The highest BCUT2D eigenvalue weighted by Gasteiger charge is 2.24. The van der Waals surface area contributed by atoms with Gasteiger partial charge in [-0.2, -0.15) is 0 Å². The van der Waals surface area contributed by atoms with Crippen LogP contribution in [0.3, 0.4) is 0 Å². The molecule has 0 aliphatic heterocycles. The van der Waals surface area contributed by atoms with Gasteiger partial charge in [0, 0.05) is 43.9 Å². The predicted molar refractivity (Wildman–Crippen MR) is 158 cm³/mol. The minimum absolute atomic E-state index is 0.0106. The molecule has 16 heteroatoms. The number of ketones is 1. The van der Waals surface area contributed by atoms with Crippen LogP contribution >= 0.6 is 0 Å². The van der Waals surface area contributed by atoms with E-state index in [1.54, 1.807) is 24.3 Å². The van der Waals surface area contributed by atoms with E-state index in [9.17, 15) is 24.0 Å². The molecule has 1 heterocycles. The van der Waals surface area contributed by atoms with E-state index in [4.69, 9.17) is 25.4 Å².